The van der Waals surface area contributed by atoms with Crippen molar-refractivity contribution in [1.29, 1.82) is 0 Å². The number of hydrogen-bond acceptors (Lipinski definition) is 22. The Morgan fingerprint density at radius 2 is 0.860 bits per heavy atom. The summed E-state index contributed by atoms with van der Waals surface area (Å²) in [6.07, 6.45) is -14.6. The van der Waals surface area contributed by atoms with Gasteiger partial charge in [-0.2, -0.15) is 23.5 Å². The average Bonchev–Trinajstić information content (AvgIpc) is 0.780. The SMILES string of the molecule is CC(=O)N[C@@H]1[C@@H](O)C[C@](OCCCSCCNC(=O)CSSCC(=O)NCCSCCCO[C@]2(C(=O)O)C[C@H](O)[C@@H](NC(C)=O)[C@H](C(O)[C@H](O)CNC(=O)c3ccc(-c4ccccc4)cc3)O2)(C(=O)O)O[C@H]1C(O)[C@H](O)CNC(=O)c1ccc(-c2ccccc2)cc1.[Na+]. The van der Waals surface area contributed by atoms with Gasteiger partial charge in [0.1, 0.15) is 24.4 Å². The monoisotopic (exact) mass is 1380 g/mol. The standard InChI is InChI=1S/C62H80N6O20S4.Na/c1-37(69)67-51-45(71)31-61(59(81)82,87-55(51)53(77)47(73)33-65-57(79)43-19-15-41(16-20-43)39-11-5-3-6-12-39)85-25-9-27-89-29-23-63-49(75)35-91-92-36-50(76)64-24-30-90-28-10-26-86-62(60(83)84)32-46(72)52(68-38(2)70)56(88-62)54(78)48(74)34-66-58(80)44-21-17-42(18-22-44)40-13-7-4-8-14-40;/h3-8,11-22,45-48,51-56,71-74,77-78H,9-10,23-36H2,1-2H3,(H,63,75)(H,64,76)(H,65,79)(H,66,80)(H,67,69)(H,68,70)(H,81,82)(H,83,84);/q;+1/t45-,46-,47+,48+,51+,52+,53?,54?,55+,56+,61+,62+;/m0./s1. The van der Waals surface area contributed by atoms with E-state index in [0.29, 0.717) is 48.9 Å². The van der Waals surface area contributed by atoms with Gasteiger partial charge in [-0.05, 0) is 70.9 Å². The van der Waals surface area contributed by atoms with Gasteiger partial charge in [0.15, 0.2) is 0 Å². The van der Waals surface area contributed by atoms with Crippen LogP contribution in [-0.4, -0.2) is 235 Å². The zero-order chi connectivity index (χ0) is 66.8. The molecule has 4 aromatic carbocycles. The van der Waals surface area contributed by atoms with Crippen molar-refractivity contribution < 1.29 is 128 Å². The number of aliphatic carboxylic acids is 2. The van der Waals surface area contributed by atoms with Crippen LogP contribution < -0.4 is 61.5 Å². The van der Waals surface area contributed by atoms with Gasteiger partial charge in [0.05, 0.1) is 61.2 Å². The average molecular weight is 1380 g/mol. The number of thioether (sulfide) groups is 2. The molecule has 0 saturated carbocycles. The maximum atomic E-state index is 13.0. The fourth-order valence-electron chi connectivity index (χ4n) is 9.89. The number of carboxylic acid groups (broad SMARTS) is 2. The molecule has 2 unspecified atom stereocenters. The third-order valence-corrected chi connectivity index (χ3v) is 18.9. The molecule has 2 aliphatic heterocycles. The normalized spacial score (nSPS) is 22.3. The number of carbonyl (C=O) groups excluding carboxylic acids is 6. The second-order valence-electron chi connectivity index (χ2n) is 21.6. The summed E-state index contributed by atoms with van der Waals surface area (Å²) in [4.78, 5) is 100. The molecule has 0 aliphatic carbocycles. The molecule has 0 aromatic heterocycles. The van der Waals surface area contributed by atoms with E-state index >= 15 is 0 Å². The molecular formula is C62H80N6NaO20S4+. The van der Waals surface area contributed by atoms with Gasteiger partial charge in [-0.15, -0.1) is 0 Å². The van der Waals surface area contributed by atoms with Crippen LogP contribution in [0.25, 0.3) is 22.3 Å². The Balaban J connectivity index is 0.0000157. The van der Waals surface area contributed by atoms with Crippen molar-refractivity contribution in [3.8, 4) is 22.3 Å². The van der Waals surface area contributed by atoms with Crippen LogP contribution in [0.4, 0.5) is 0 Å². The fourth-order valence-corrected chi connectivity index (χ4v) is 13.2. The summed E-state index contributed by atoms with van der Waals surface area (Å²) in [6, 6.07) is 29.7. The summed E-state index contributed by atoms with van der Waals surface area (Å²) >= 11 is 2.88. The topological polar surface area (TPSA) is 408 Å². The second-order valence-corrected chi connectivity index (χ2v) is 26.5. The summed E-state index contributed by atoms with van der Waals surface area (Å²) in [6.45, 7) is 1.58. The second kappa shape index (κ2) is 39.6. The van der Waals surface area contributed by atoms with Crippen molar-refractivity contribution in [3.63, 3.8) is 0 Å². The molecule has 2 saturated heterocycles. The summed E-state index contributed by atoms with van der Waals surface area (Å²) < 4.78 is 23.1. The number of aliphatic hydroxyl groups excluding tert-OH is 6. The minimum atomic E-state index is -2.48. The summed E-state index contributed by atoms with van der Waals surface area (Å²) in [5.41, 5.74) is 4.18. The van der Waals surface area contributed by atoms with Crippen LogP contribution in [0.5, 0.6) is 0 Å². The minimum Gasteiger partial charge on any atom is -0.477 e. The molecule has 6 amide bonds. The first-order valence-corrected chi connectivity index (χ1v) is 34.4. The Hall–Kier alpha value is -5.36. The van der Waals surface area contributed by atoms with Crippen LogP contribution in [-0.2, 0) is 47.7 Å². The number of carboxylic acids is 2. The zero-order valence-electron chi connectivity index (χ0n) is 51.6. The molecule has 6 rings (SSSR count). The van der Waals surface area contributed by atoms with Gasteiger partial charge in [-0.1, -0.05) is 107 Å². The Morgan fingerprint density at radius 3 is 1.19 bits per heavy atom. The number of ether oxygens (including phenoxy) is 4. The Morgan fingerprint density at radius 1 is 0.516 bits per heavy atom. The van der Waals surface area contributed by atoms with Crippen LogP contribution in [0.3, 0.4) is 0 Å². The maximum absolute atomic E-state index is 13.0. The van der Waals surface area contributed by atoms with E-state index in [0.717, 1.165) is 36.1 Å². The van der Waals surface area contributed by atoms with Gasteiger partial charge in [-0.25, -0.2) is 9.59 Å². The van der Waals surface area contributed by atoms with Gasteiger partial charge >= 0.3 is 41.5 Å². The Bertz CT molecular complexity index is 2850. The first-order valence-electron chi connectivity index (χ1n) is 29.6. The molecule has 0 spiro atoms. The molecule has 2 aliphatic rings. The molecule has 14 N–H and O–H groups in total. The van der Waals surface area contributed by atoms with E-state index in [1.807, 2.05) is 60.7 Å². The number of aliphatic hydroxyl groups is 6. The molecule has 0 radical (unpaired) electrons. The molecule has 2 fully saturated rings. The molecular weight excluding hydrogens is 1300 g/mol. The predicted octanol–water partition coefficient (Wildman–Crippen LogP) is -1.61. The van der Waals surface area contributed by atoms with E-state index in [9.17, 15) is 79.2 Å². The van der Waals surface area contributed by atoms with E-state index in [2.05, 4.69) is 31.9 Å². The van der Waals surface area contributed by atoms with Crippen molar-refractivity contribution in [2.75, 3.05) is 73.9 Å². The van der Waals surface area contributed by atoms with Gasteiger partial charge in [0.25, 0.3) is 23.4 Å². The molecule has 26 nitrogen and oxygen atoms in total. The maximum Gasteiger partial charge on any atom is 1.00 e. The van der Waals surface area contributed by atoms with Crippen LogP contribution >= 0.6 is 45.1 Å². The number of nitrogens with one attached hydrogen (secondary N) is 6. The summed E-state index contributed by atoms with van der Waals surface area (Å²) in [5, 5.41) is 103. The molecule has 12 atom stereocenters. The van der Waals surface area contributed by atoms with Crippen molar-refractivity contribution in [2.45, 2.75) is 112 Å². The predicted molar refractivity (Wildman–Crippen MR) is 346 cm³/mol. The molecule has 2 heterocycles. The van der Waals surface area contributed by atoms with Crippen molar-refractivity contribution >= 4 is 92.5 Å². The molecule has 502 valence electrons. The van der Waals surface area contributed by atoms with Gasteiger partial charge in [0, 0.05) is 75.5 Å². The Labute approximate surface area is 576 Å². The van der Waals surface area contributed by atoms with Crippen molar-refractivity contribution in [2.24, 2.45) is 0 Å². The molecule has 31 heteroatoms. The third-order valence-electron chi connectivity index (χ3n) is 14.6. The summed E-state index contributed by atoms with van der Waals surface area (Å²) in [5.74, 6) is -9.04. The first-order chi connectivity index (χ1) is 44.0. The van der Waals surface area contributed by atoms with Gasteiger partial charge < -0.3 is 91.7 Å². The minimum absolute atomic E-state index is 0. The van der Waals surface area contributed by atoms with Crippen molar-refractivity contribution in [1.82, 2.24) is 31.9 Å². The zero-order valence-corrected chi connectivity index (χ0v) is 56.9. The van der Waals surface area contributed by atoms with Gasteiger partial charge in [-0.3, -0.25) is 28.8 Å². The number of benzene rings is 4. The molecule has 93 heavy (non-hydrogen) atoms. The van der Waals surface area contributed by atoms with Crippen LogP contribution in [0.1, 0.15) is 60.2 Å². The van der Waals surface area contributed by atoms with E-state index in [1.54, 1.807) is 48.5 Å². The fraction of sp³-hybridized carbons (Fsp3) is 0.484. The van der Waals surface area contributed by atoms with E-state index in [4.69, 9.17) is 18.9 Å². The van der Waals surface area contributed by atoms with Crippen molar-refractivity contribution in [3.05, 3.63) is 120 Å². The molecule has 0 bridgehead atoms. The largest absolute Gasteiger partial charge is 1.00 e. The number of hydrogen-bond donors (Lipinski definition) is 14. The number of carbonyl (C=O) groups is 8. The first kappa shape index (κ1) is 78.3. The number of rotatable bonds is 37. The van der Waals surface area contributed by atoms with Crippen LogP contribution in [0.2, 0.25) is 0 Å². The van der Waals surface area contributed by atoms with Crippen LogP contribution in [0.15, 0.2) is 109 Å². The summed E-state index contributed by atoms with van der Waals surface area (Å²) in [7, 11) is 2.38. The smallest absolute Gasteiger partial charge is 0.477 e. The van der Waals surface area contributed by atoms with E-state index in [-0.39, 0.29) is 77.2 Å². The number of amides is 6. The van der Waals surface area contributed by atoms with Crippen LogP contribution in [0, 0.1) is 0 Å². The molecule has 4 aromatic rings. The van der Waals surface area contributed by atoms with E-state index < -0.39 is 134 Å². The van der Waals surface area contributed by atoms with Gasteiger partial charge in [0.2, 0.25) is 23.6 Å². The third kappa shape index (κ3) is 24.4. The van der Waals surface area contributed by atoms with E-state index in [1.165, 1.54) is 45.1 Å². The quantitative estimate of drug-likeness (QED) is 0.0137. The Kier molecular flexibility index (Phi) is 33.4.